The molecule has 29 heavy (non-hydrogen) atoms. The molecule has 156 valence electrons. The Hall–Kier alpha value is -2.51. The number of carbonyl (C=O) groups is 2. The number of hydrogen-bond acceptors (Lipinski definition) is 3. The molecule has 2 aromatic rings. The van der Waals surface area contributed by atoms with E-state index in [1.165, 1.54) is 17.0 Å². The number of amides is 3. The number of carbonyl (C=O) groups excluding carboxylic acids is 2. The van der Waals surface area contributed by atoms with Crippen LogP contribution in [0.25, 0.3) is 0 Å². The van der Waals surface area contributed by atoms with Gasteiger partial charge in [0.25, 0.3) is 5.91 Å². The fourth-order valence-electron chi connectivity index (χ4n) is 4.00. The Balaban J connectivity index is 0.00000240. The second-order valence-electron chi connectivity index (χ2n) is 7.82. The van der Waals surface area contributed by atoms with Crippen molar-refractivity contribution in [3.8, 4) is 0 Å². The van der Waals surface area contributed by atoms with Gasteiger partial charge in [0.1, 0.15) is 5.69 Å². The molecule has 0 bridgehead atoms. The normalized spacial score (nSPS) is 16.2. The highest BCUT2D eigenvalue weighted by Crippen LogP contribution is 2.43. The van der Waals surface area contributed by atoms with Crippen molar-refractivity contribution in [2.45, 2.75) is 37.9 Å². The summed E-state index contributed by atoms with van der Waals surface area (Å²) in [6.07, 6.45) is 3.54. The minimum absolute atomic E-state index is 0. The molecule has 0 saturated heterocycles. The molecule has 2 aliphatic rings. The summed E-state index contributed by atoms with van der Waals surface area (Å²) in [5, 5.41) is 9.46. The van der Waals surface area contributed by atoms with Gasteiger partial charge < -0.3 is 25.4 Å². The number of rotatable bonds is 4. The van der Waals surface area contributed by atoms with E-state index in [4.69, 9.17) is 0 Å². The molecule has 7 nitrogen and oxygen atoms in total. The highest BCUT2D eigenvalue weighted by molar-refractivity contribution is 5.93. The molecule has 1 saturated carbocycles. The predicted molar refractivity (Wildman–Crippen MR) is 116 cm³/mol. The maximum atomic E-state index is 12.7. The van der Waals surface area contributed by atoms with E-state index in [0.717, 1.165) is 42.9 Å². The van der Waals surface area contributed by atoms with Crippen molar-refractivity contribution in [1.82, 2.24) is 20.1 Å². The number of nitrogens with zero attached hydrogens (tertiary/aromatic N) is 2. The van der Waals surface area contributed by atoms with Gasteiger partial charge in [-0.2, -0.15) is 0 Å². The molecule has 8 heteroatoms. The van der Waals surface area contributed by atoms with Crippen LogP contribution >= 0.6 is 12.4 Å². The first-order valence-corrected chi connectivity index (χ1v) is 9.79. The first-order valence-electron chi connectivity index (χ1n) is 9.79. The molecule has 1 fully saturated rings. The van der Waals surface area contributed by atoms with Gasteiger partial charge in [0.2, 0.25) is 0 Å². The summed E-state index contributed by atoms with van der Waals surface area (Å²) >= 11 is 0. The van der Waals surface area contributed by atoms with Gasteiger partial charge in [-0.25, -0.2) is 4.79 Å². The fraction of sp³-hybridized carbons (Fsp3) is 0.429. The summed E-state index contributed by atoms with van der Waals surface area (Å²) in [6.45, 7) is 2.18. The van der Waals surface area contributed by atoms with Crippen LogP contribution in [0.3, 0.4) is 0 Å². The van der Waals surface area contributed by atoms with Crippen molar-refractivity contribution < 1.29 is 9.59 Å². The number of aromatic nitrogens is 1. The summed E-state index contributed by atoms with van der Waals surface area (Å²) in [5.74, 6) is -0.0485. The van der Waals surface area contributed by atoms with Crippen molar-refractivity contribution in [2.24, 2.45) is 0 Å². The molecule has 1 aromatic heterocycles. The SMILES string of the molecule is CN(C)C(=O)Nc1ccc(CNC(=O)c2ccc3n2CCNC32CCC2)cc1.Cl. The third-order valence-electron chi connectivity index (χ3n) is 5.77. The molecular weight excluding hydrogens is 390 g/mol. The molecule has 1 aliphatic carbocycles. The van der Waals surface area contributed by atoms with Crippen molar-refractivity contribution in [3.05, 3.63) is 53.3 Å². The Morgan fingerprint density at radius 1 is 1.14 bits per heavy atom. The Kier molecular flexibility index (Phi) is 6.19. The first-order chi connectivity index (χ1) is 13.5. The number of anilines is 1. The lowest BCUT2D eigenvalue weighted by Crippen LogP contribution is -2.54. The molecule has 3 amide bonds. The zero-order valence-corrected chi connectivity index (χ0v) is 17.6. The van der Waals surface area contributed by atoms with Gasteiger partial charge in [-0.1, -0.05) is 12.1 Å². The highest BCUT2D eigenvalue weighted by atomic mass is 35.5. The molecule has 1 spiro atoms. The lowest BCUT2D eigenvalue weighted by atomic mass is 9.73. The van der Waals surface area contributed by atoms with E-state index in [-0.39, 0.29) is 29.9 Å². The van der Waals surface area contributed by atoms with Gasteiger partial charge in [0.15, 0.2) is 0 Å². The summed E-state index contributed by atoms with van der Waals surface area (Å²) in [7, 11) is 3.39. The van der Waals surface area contributed by atoms with E-state index < -0.39 is 0 Å². The van der Waals surface area contributed by atoms with Crippen molar-refractivity contribution in [2.75, 3.05) is 26.0 Å². The Morgan fingerprint density at radius 3 is 2.48 bits per heavy atom. The summed E-state index contributed by atoms with van der Waals surface area (Å²) in [6, 6.07) is 11.4. The molecular formula is C21H28ClN5O2. The predicted octanol–water partition coefficient (Wildman–Crippen LogP) is 2.92. The van der Waals surface area contributed by atoms with Crippen LogP contribution in [-0.2, 0) is 18.6 Å². The van der Waals surface area contributed by atoms with Crippen LogP contribution in [0.1, 0.15) is 41.0 Å². The molecule has 4 rings (SSSR count). The number of fused-ring (bicyclic) bond motifs is 2. The van der Waals surface area contributed by atoms with Crippen molar-refractivity contribution in [1.29, 1.82) is 0 Å². The average Bonchev–Trinajstić information content (AvgIpc) is 3.10. The maximum absolute atomic E-state index is 12.7. The van der Waals surface area contributed by atoms with E-state index in [1.807, 2.05) is 30.3 Å². The summed E-state index contributed by atoms with van der Waals surface area (Å²) in [4.78, 5) is 25.9. The van der Waals surface area contributed by atoms with E-state index in [1.54, 1.807) is 14.1 Å². The lowest BCUT2D eigenvalue weighted by Gasteiger charge is -2.46. The van der Waals surface area contributed by atoms with Crippen LogP contribution in [-0.4, -0.2) is 42.0 Å². The Morgan fingerprint density at radius 2 is 1.86 bits per heavy atom. The van der Waals surface area contributed by atoms with E-state index in [9.17, 15) is 9.59 Å². The van der Waals surface area contributed by atoms with E-state index in [0.29, 0.717) is 6.54 Å². The number of hydrogen-bond donors (Lipinski definition) is 3. The van der Waals surface area contributed by atoms with Gasteiger partial charge >= 0.3 is 6.03 Å². The monoisotopic (exact) mass is 417 g/mol. The van der Waals surface area contributed by atoms with Gasteiger partial charge in [0, 0.05) is 45.1 Å². The van der Waals surface area contributed by atoms with Crippen LogP contribution in [0.2, 0.25) is 0 Å². The summed E-state index contributed by atoms with van der Waals surface area (Å²) < 4.78 is 2.17. The van der Waals surface area contributed by atoms with Gasteiger partial charge in [-0.05, 0) is 49.1 Å². The fourth-order valence-corrected chi connectivity index (χ4v) is 4.00. The van der Waals surface area contributed by atoms with Crippen LogP contribution in [0.15, 0.2) is 36.4 Å². The van der Waals surface area contributed by atoms with Crippen LogP contribution < -0.4 is 16.0 Å². The topological polar surface area (TPSA) is 78.4 Å². The van der Waals surface area contributed by atoms with Gasteiger partial charge in [0.05, 0.1) is 5.54 Å². The number of benzene rings is 1. The molecule has 0 atom stereocenters. The van der Waals surface area contributed by atoms with Crippen molar-refractivity contribution in [3.63, 3.8) is 0 Å². The van der Waals surface area contributed by atoms with E-state index >= 15 is 0 Å². The second-order valence-corrected chi connectivity index (χ2v) is 7.82. The molecule has 1 aromatic carbocycles. The van der Waals surface area contributed by atoms with Crippen LogP contribution in [0.5, 0.6) is 0 Å². The molecule has 1 aliphatic heterocycles. The van der Waals surface area contributed by atoms with Gasteiger partial charge in [-0.15, -0.1) is 12.4 Å². The van der Waals surface area contributed by atoms with Crippen molar-refractivity contribution >= 4 is 30.0 Å². The van der Waals surface area contributed by atoms with Gasteiger partial charge in [-0.3, -0.25) is 4.79 Å². The molecule has 3 N–H and O–H groups in total. The first kappa shape index (κ1) is 21.2. The zero-order chi connectivity index (χ0) is 19.7. The summed E-state index contributed by atoms with van der Waals surface area (Å²) in [5.41, 5.74) is 3.78. The Labute approximate surface area is 177 Å². The maximum Gasteiger partial charge on any atom is 0.321 e. The number of halogens is 1. The van der Waals surface area contributed by atoms with Crippen LogP contribution in [0, 0.1) is 0 Å². The third-order valence-corrected chi connectivity index (χ3v) is 5.77. The number of urea groups is 1. The highest BCUT2D eigenvalue weighted by Gasteiger charge is 2.43. The quantitative estimate of drug-likeness (QED) is 0.715. The van der Waals surface area contributed by atoms with E-state index in [2.05, 4.69) is 26.6 Å². The lowest BCUT2D eigenvalue weighted by molar-refractivity contribution is 0.0933. The third kappa shape index (κ3) is 4.11. The second kappa shape index (κ2) is 8.47. The zero-order valence-electron chi connectivity index (χ0n) is 16.8. The molecule has 0 unspecified atom stereocenters. The average molecular weight is 418 g/mol. The minimum Gasteiger partial charge on any atom is -0.347 e. The Bertz CT molecular complexity index is 887. The standard InChI is InChI=1S/C21H27N5O2.ClH/c1-25(2)20(28)24-16-6-4-15(5-7-16)14-22-19(27)17-8-9-18-21(10-3-11-21)23-12-13-26(17)18;/h4-9,23H,3,10-14H2,1-2H3,(H,22,27)(H,24,28);1H. The molecule has 2 heterocycles. The van der Waals surface area contributed by atoms with Crippen LogP contribution in [0.4, 0.5) is 10.5 Å². The molecule has 0 radical (unpaired) electrons. The largest absolute Gasteiger partial charge is 0.347 e. The number of nitrogens with one attached hydrogen (secondary N) is 3. The minimum atomic E-state index is -0.169. The smallest absolute Gasteiger partial charge is 0.321 e.